The second kappa shape index (κ2) is 8.48. The lowest BCUT2D eigenvalue weighted by atomic mass is 10.1. The van der Waals surface area contributed by atoms with E-state index in [1.807, 2.05) is 44.2 Å². The van der Waals surface area contributed by atoms with Crippen LogP contribution in [0.1, 0.15) is 36.7 Å². The summed E-state index contributed by atoms with van der Waals surface area (Å²) in [5.74, 6) is 0.118. The number of hydrogen-bond donors (Lipinski definition) is 2. The maximum Gasteiger partial charge on any atom is 0.255 e. The number of benzene rings is 2. The topological polar surface area (TPSA) is 78.5 Å². The molecule has 0 atom stereocenters. The summed E-state index contributed by atoms with van der Waals surface area (Å²) in [6.07, 6.45) is 0. The normalized spacial score (nSPS) is 12.9. The summed E-state index contributed by atoms with van der Waals surface area (Å²) in [5.41, 5.74) is 2.81. The maximum atomic E-state index is 12.5. The maximum absolute atomic E-state index is 12.5. The molecule has 1 heterocycles. The van der Waals surface area contributed by atoms with Gasteiger partial charge in [0.2, 0.25) is 11.8 Å². The first-order chi connectivity index (χ1) is 13.3. The first kappa shape index (κ1) is 19.9. The van der Waals surface area contributed by atoms with Gasteiger partial charge in [-0.2, -0.15) is 0 Å². The molecule has 0 radical (unpaired) electrons. The number of carbonyl (C=O) groups is 3. The molecule has 3 rings (SSSR count). The Labute approximate surface area is 168 Å². The van der Waals surface area contributed by atoms with Gasteiger partial charge < -0.3 is 15.5 Å². The molecule has 0 saturated carbocycles. The van der Waals surface area contributed by atoms with E-state index in [-0.39, 0.29) is 23.8 Å². The fraction of sp³-hybridized carbons (Fsp3) is 0.286. The molecular weight excluding hydrogens is 374 g/mol. The second-order valence-corrected chi connectivity index (χ2v) is 7.96. The zero-order valence-corrected chi connectivity index (χ0v) is 16.9. The number of nitrogens with one attached hydrogen (secondary N) is 2. The molecule has 0 saturated heterocycles. The molecule has 0 unspecified atom stereocenters. The van der Waals surface area contributed by atoms with Crippen LogP contribution in [0.5, 0.6) is 0 Å². The standard InChI is InChI=1S/C21H23N3O3S/c1-13(2)24(14(3)25)11-15-4-7-17(8-5-15)22-21(27)16-6-9-19-18(10-16)23-20(26)12-28-19/h4-10,13H,11-12H2,1-3H3,(H,22,27)(H,23,26). The predicted octanol–water partition coefficient (Wildman–Crippen LogP) is 3.74. The molecule has 0 spiro atoms. The highest BCUT2D eigenvalue weighted by Gasteiger charge is 2.17. The molecule has 0 fully saturated rings. The number of anilines is 2. The third kappa shape index (κ3) is 4.72. The Balaban J connectivity index is 1.67. The van der Waals surface area contributed by atoms with Gasteiger partial charge in [-0.15, -0.1) is 11.8 Å². The van der Waals surface area contributed by atoms with Crippen LogP contribution in [0.3, 0.4) is 0 Å². The lowest BCUT2D eigenvalue weighted by Crippen LogP contribution is -2.34. The molecule has 1 aliphatic heterocycles. The van der Waals surface area contributed by atoms with Crippen molar-refractivity contribution in [3.05, 3.63) is 53.6 Å². The molecule has 2 aromatic carbocycles. The average Bonchev–Trinajstić information content (AvgIpc) is 2.66. The summed E-state index contributed by atoms with van der Waals surface area (Å²) < 4.78 is 0. The Morgan fingerprint density at radius 2 is 1.89 bits per heavy atom. The minimum atomic E-state index is -0.243. The molecule has 0 bridgehead atoms. The number of thioether (sulfide) groups is 1. The molecule has 1 aliphatic rings. The van der Waals surface area contributed by atoms with E-state index in [1.54, 1.807) is 24.0 Å². The largest absolute Gasteiger partial charge is 0.336 e. The molecule has 28 heavy (non-hydrogen) atoms. The van der Waals surface area contributed by atoms with E-state index in [0.29, 0.717) is 29.2 Å². The Kier molecular flexibility index (Phi) is 6.04. The fourth-order valence-corrected chi connectivity index (χ4v) is 3.76. The second-order valence-electron chi connectivity index (χ2n) is 6.94. The number of rotatable bonds is 5. The van der Waals surface area contributed by atoms with Crippen LogP contribution in [0.25, 0.3) is 0 Å². The molecule has 2 N–H and O–H groups in total. The Morgan fingerprint density at radius 1 is 1.18 bits per heavy atom. The Bertz CT molecular complexity index is 910. The van der Waals surface area contributed by atoms with Crippen molar-refractivity contribution in [1.82, 2.24) is 4.90 Å². The summed E-state index contributed by atoms with van der Waals surface area (Å²) in [6.45, 7) is 6.06. The molecule has 0 aliphatic carbocycles. The van der Waals surface area contributed by atoms with Gasteiger partial charge in [-0.3, -0.25) is 14.4 Å². The molecular formula is C21H23N3O3S. The summed E-state index contributed by atoms with van der Waals surface area (Å²) in [7, 11) is 0. The van der Waals surface area contributed by atoms with Crippen LogP contribution in [0, 0.1) is 0 Å². The van der Waals surface area contributed by atoms with Crippen LogP contribution in [0.15, 0.2) is 47.4 Å². The SMILES string of the molecule is CC(=O)N(Cc1ccc(NC(=O)c2ccc3c(c2)NC(=O)CS3)cc1)C(C)C. The first-order valence-corrected chi connectivity index (χ1v) is 10.1. The zero-order valence-electron chi connectivity index (χ0n) is 16.1. The molecule has 0 aromatic heterocycles. The highest BCUT2D eigenvalue weighted by molar-refractivity contribution is 8.00. The van der Waals surface area contributed by atoms with Crippen molar-refractivity contribution in [3.63, 3.8) is 0 Å². The Morgan fingerprint density at radius 3 is 2.54 bits per heavy atom. The Hall–Kier alpha value is -2.80. The van der Waals surface area contributed by atoms with E-state index in [2.05, 4.69) is 10.6 Å². The van der Waals surface area contributed by atoms with E-state index in [0.717, 1.165) is 10.5 Å². The predicted molar refractivity (Wildman–Crippen MR) is 112 cm³/mol. The van der Waals surface area contributed by atoms with Crippen molar-refractivity contribution in [2.45, 2.75) is 38.3 Å². The van der Waals surface area contributed by atoms with Crippen LogP contribution in [-0.2, 0) is 16.1 Å². The lowest BCUT2D eigenvalue weighted by molar-refractivity contribution is -0.131. The number of nitrogens with zero attached hydrogens (tertiary/aromatic N) is 1. The van der Waals surface area contributed by atoms with Crippen molar-refractivity contribution >= 4 is 40.9 Å². The molecule has 3 amide bonds. The van der Waals surface area contributed by atoms with Gasteiger partial charge in [-0.05, 0) is 49.7 Å². The van der Waals surface area contributed by atoms with Crippen molar-refractivity contribution < 1.29 is 14.4 Å². The van der Waals surface area contributed by atoms with E-state index < -0.39 is 0 Å². The van der Waals surface area contributed by atoms with Crippen LogP contribution in [0.4, 0.5) is 11.4 Å². The van der Waals surface area contributed by atoms with Gasteiger partial charge in [-0.1, -0.05) is 12.1 Å². The quantitative estimate of drug-likeness (QED) is 0.806. The average molecular weight is 398 g/mol. The smallest absolute Gasteiger partial charge is 0.255 e. The van der Waals surface area contributed by atoms with Crippen molar-refractivity contribution in [3.8, 4) is 0 Å². The van der Waals surface area contributed by atoms with Gasteiger partial charge in [0.25, 0.3) is 5.91 Å². The number of fused-ring (bicyclic) bond motifs is 1. The van der Waals surface area contributed by atoms with E-state index in [4.69, 9.17) is 0 Å². The highest BCUT2D eigenvalue weighted by Crippen LogP contribution is 2.32. The van der Waals surface area contributed by atoms with Crippen LogP contribution in [0.2, 0.25) is 0 Å². The summed E-state index contributed by atoms with van der Waals surface area (Å²) in [4.78, 5) is 38.5. The molecule has 146 valence electrons. The van der Waals surface area contributed by atoms with Crippen LogP contribution < -0.4 is 10.6 Å². The van der Waals surface area contributed by atoms with Gasteiger partial charge >= 0.3 is 0 Å². The highest BCUT2D eigenvalue weighted by atomic mass is 32.2. The summed E-state index contributed by atoms with van der Waals surface area (Å²) >= 11 is 1.46. The van der Waals surface area contributed by atoms with Gasteiger partial charge in [0.05, 0.1) is 11.4 Å². The monoisotopic (exact) mass is 397 g/mol. The third-order valence-corrected chi connectivity index (χ3v) is 5.54. The van der Waals surface area contributed by atoms with E-state index in [9.17, 15) is 14.4 Å². The minimum absolute atomic E-state index is 0.0324. The first-order valence-electron chi connectivity index (χ1n) is 9.07. The number of hydrogen-bond acceptors (Lipinski definition) is 4. The summed E-state index contributed by atoms with van der Waals surface area (Å²) in [6, 6.07) is 12.9. The molecule has 6 nitrogen and oxygen atoms in total. The summed E-state index contributed by atoms with van der Waals surface area (Å²) in [5, 5.41) is 5.65. The van der Waals surface area contributed by atoms with Gasteiger partial charge in [0.1, 0.15) is 0 Å². The minimum Gasteiger partial charge on any atom is -0.336 e. The lowest BCUT2D eigenvalue weighted by Gasteiger charge is -2.25. The third-order valence-electron chi connectivity index (χ3n) is 4.47. The number of amides is 3. The fourth-order valence-electron chi connectivity index (χ4n) is 2.98. The van der Waals surface area contributed by atoms with Crippen molar-refractivity contribution in [2.24, 2.45) is 0 Å². The van der Waals surface area contributed by atoms with E-state index >= 15 is 0 Å². The molecule has 2 aromatic rings. The van der Waals surface area contributed by atoms with Gasteiger partial charge in [0, 0.05) is 35.7 Å². The van der Waals surface area contributed by atoms with Crippen LogP contribution >= 0.6 is 11.8 Å². The zero-order chi connectivity index (χ0) is 20.3. The van der Waals surface area contributed by atoms with Gasteiger partial charge in [-0.25, -0.2) is 0 Å². The van der Waals surface area contributed by atoms with Gasteiger partial charge in [0.15, 0.2) is 0 Å². The molecule has 7 heteroatoms. The van der Waals surface area contributed by atoms with Crippen molar-refractivity contribution in [1.29, 1.82) is 0 Å². The number of carbonyl (C=O) groups excluding carboxylic acids is 3. The van der Waals surface area contributed by atoms with Crippen molar-refractivity contribution in [2.75, 3.05) is 16.4 Å². The van der Waals surface area contributed by atoms with E-state index in [1.165, 1.54) is 11.8 Å². The van der Waals surface area contributed by atoms with Crippen LogP contribution in [-0.4, -0.2) is 34.4 Å².